The fourth-order valence-electron chi connectivity index (χ4n) is 4.15. The Labute approximate surface area is 235 Å². The molecule has 0 atom stereocenters. The zero-order valence-electron chi connectivity index (χ0n) is 21.7. The average Bonchev–Trinajstić information content (AvgIpc) is 3.75. The molecule has 9 nitrogen and oxygen atoms in total. The summed E-state index contributed by atoms with van der Waals surface area (Å²) in [6, 6.07) is 28.8. The first-order valence-corrected chi connectivity index (χ1v) is 12.8. The highest BCUT2D eigenvalue weighted by Crippen LogP contribution is 2.25. The Balaban J connectivity index is 1.02. The van der Waals surface area contributed by atoms with Crippen LogP contribution in [0.1, 0.15) is 20.7 Å². The minimum Gasteiger partial charge on any atom is -0.457 e. The lowest BCUT2D eigenvalue weighted by Crippen LogP contribution is -2.11. The second-order valence-corrected chi connectivity index (χ2v) is 9.09. The van der Waals surface area contributed by atoms with Crippen molar-refractivity contribution < 1.29 is 14.3 Å². The van der Waals surface area contributed by atoms with Crippen molar-refractivity contribution in [1.82, 2.24) is 19.1 Å². The molecule has 2 heterocycles. The molecule has 0 radical (unpaired) electrons. The normalized spacial score (nSPS) is 10.6. The standard InChI is InChI=1S/C32H24N6O3/c39-31(23-1-9-27(10-2-23)37-19-17-33-21-37)35-25-5-13-29(14-6-25)41-30-15-7-26(8-16-30)36-32(40)24-3-11-28(12-4-24)38-20-18-34-22-38/h1-22H,(H,35,39)(H,36,40). The van der Waals surface area contributed by atoms with Crippen LogP contribution in [-0.2, 0) is 0 Å². The zero-order chi connectivity index (χ0) is 28.0. The molecule has 0 saturated carbocycles. The summed E-state index contributed by atoms with van der Waals surface area (Å²) in [7, 11) is 0. The van der Waals surface area contributed by atoms with Gasteiger partial charge in [-0.05, 0) is 97.1 Å². The van der Waals surface area contributed by atoms with Crippen LogP contribution in [0.4, 0.5) is 11.4 Å². The summed E-state index contributed by atoms with van der Waals surface area (Å²) in [4.78, 5) is 33.4. The van der Waals surface area contributed by atoms with Crippen LogP contribution in [0.25, 0.3) is 11.4 Å². The van der Waals surface area contributed by atoms with Crippen LogP contribution < -0.4 is 15.4 Å². The van der Waals surface area contributed by atoms with Crippen molar-refractivity contribution in [2.45, 2.75) is 0 Å². The predicted octanol–water partition coefficient (Wildman–Crippen LogP) is 6.35. The lowest BCUT2D eigenvalue weighted by molar-refractivity contribution is 0.101. The molecule has 6 aromatic rings. The topological polar surface area (TPSA) is 103 Å². The summed E-state index contributed by atoms with van der Waals surface area (Å²) < 4.78 is 9.66. The first-order chi connectivity index (χ1) is 20.1. The van der Waals surface area contributed by atoms with Crippen LogP contribution in [0.5, 0.6) is 11.5 Å². The van der Waals surface area contributed by atoms with Gasteiger partial charge in [-0.2, -0.15) is 0 Å². The van der Waals surface area contributed by atoms with Gasteiger partial charge in [0.05, 0.1) is 12.7 Å². The summed E-state index contributed by atoms with van der Waals surface area (Å²) in [6.45, 7) is 0. The maximum absolute atomic E-state index is 12.7. The molecule has 41 heavy (non-hydrogen) atoms. The van der Waals surface area contributed by atoms with E-state index in [2.05, 4.69) is 20.6 Å². The molecule has 0 unspecified atom stereocenters. The summed E-state index contributed by atoms with van der Waals surface area (Å²) in [5.41, 5.74) is 4.25. The van der Waals surface area contributed by atoms with Crippen LogP contribution in [0.3, 0.4) is 0 Å². The molecule has 0 saturated heterocycles. The summed E-state index contributed by atoms with van der Waals surface area (Å²) in [5.74, 6) is 0.815. The van der Waals surface area contributed by atoms with Crippen molar-refractivity contribution in [3.63, 3.8) is 0 Å². The third-order valence-corrected chi connectivity index (χ3v) is 6.32. The minimum atomic E-state index is -0.206. The van der Waals surface area contributed by atoms with Crippen LogP contribution in [0.2, 0.25) is 0 Å². The molecule has 2 N–H and O–H groups in total. The van der Waals surface area contributed by atoms with E-state index < -0.39 is 0 Å². The quantitative estimate of drug-likeness (QED) is 0.234. The van der Waals surface area contributed by atoms with Gasteiger partial charge < -0.3 is 24.5 Å². The maximum atomic E-state index is 12.7. The number of carbonyl (C=O) groups excluding carboxylic acids is 2. The van der Waals surface area contributed by atoms with Gasteiger partial charge in [-0.1, -0.05) is 0 Å². The largest absolute Gasteiger partial charge is 0.457 e. The van der Waals surface area contributed by atoms with E-state index >= 15 is 0 Å². The van der Waals surface area contributed by atoms with E-state index in [0.29, 0.717) is 34.0 Å². The van der Waals surface area contributed by atoms with Crippen molar-refractivity contribution in [1.29, 1.82) is 0 Å². The molecule has 9 heteroatoms. The second-order valence-electron chi connectivity index (χ2n) is 9.09. The number of ether oxygens (including phenoxy) is 1. The summed E-state index contributed by atoms with van der Waals surface area (Å²) in [6.07, 6.45) is 10.5. The van der Waals surface area contributed by atoms with Crippen molar-refractivity contribution in [3.8, 4) is 22.9 Å². The third-order valence-electron chi connectivity index (χ3n) is 6.32. The Morgan fingerprint density at radius 3 is 1.27 bits per heavy atom. The Hall–Kier alpha value is -5.96. The monoisotopic (exact) mass is 540 g/mol. The molecular weight excluding hydrogens is 516 g/mol. The van der Waals surface area contributed by atoms with E-state index in [9.17, 15) is 9.59 Å². The Morgan fingerprint density at radius 2 is 0.927 bits per heavy atom. The fraction of sp³-hybridized carbons (Fsp3) is 0. The Morgan fingerprint density at radius 1 is 0.537 bits per heavy atom. The van der Waals surface area contributed by atoms with E-state index in [1.54, 1.807) is 97.8 Å². The summed E-state index contributed by atoms with van der Waals surface area (Å²) >= 11 is 0. The molecule has 0 bridgehead atoms. The molecular formula is C32H24N6O3. The molecule has 0 aliphatic heterocycles. The zero-order valence-corrected chi connectivity index (χ0v) is 21.7. The predicted molar refractivity (Wildman–Crippen MR) is 156 cm³/mol. The van der Waals surface area contributed by atoms with Crippen molar-refractivity contribution in [3.05, 3.63) is 146 Å². The number of amides is 2. The molecule has 2 amide bonds. The van der Waals surface area contributed by atoms with Gasteiger partial charge >= 0.3 is 0 Å². The maximum Gasteiger partial charge on any atom is 0.255 e. The van der Waals surface area contributed by atoms with Gasteiger partial charge in [-0.3, -0.25) is 9.59 Å². The highest BCUT2D eigenvalue weighted by molar-refractivity contribution is 6.05. The van der Waals surface area contributed by atoms with Gasteiger partial charge in [0.1, 0.15) is 11.5 Å². The lowest BCUT2D eigenvalue weighted by Gasteiger charge is -2.10. The molecule has 4 aromatic carbocycles. The number of imidazole rings is 2. The van der Waals surface area contributed by atoms with E-state index in [1.807, 2.05) is 45.8 Å². The van der Waals surface area contributed by atoms with Crippen molar-refractivity contribution in [2.75, 3.05) is 10.6 Å². The van der Waals surface area contributed by atoms with Gasteiger partial charge in [0.15, 0.2) is 0 Å². The lowest BCUT2D eigenvalue weighted by atomic mass is 10.2. The number of aromatic nitrogens is 4. The highest BCUT2D eigenvalue weighted by atomic mass is 16.5. The number of hydrogen-bond donors (Lipinski definition) is 2. The molecule has 0 fully saturated rings. The minimum absolute atomic E-state index is 0.206. The molecule has 200 valence electrons. The van der Waals surface area contributed by atoms with E-state index in [0.717, 1.165) is 11.4 Å². The number of nitrogens with one attached hydrogen (secondary N) is 2. The van der Waals surface area contributed by atoms with Gasteiger partial charge in [0.25, 0.3) is 11.8 Å². The van der Waals surface area contributed by atoms with Crippen LogP contribution >= 0.6 is 0 Å². The average molecular weight is 541 g/mol. The van der Waals surface area contributed by atoms with E-state index in [1.165, 1.54) is 0 Å². The van der Waals surface area contributed by atoms with Gasteiger partial charge in [-0.15, -0.1) is 0 Å². The van der Waals surface area contributed by atoms with Gasteiger partial charge in [-0.25, -0.2) is 9.97 Å². The van der Waals surface area contributed by atoms with Crippen LogP contribution in [0, 0.1) is 0 Å². The molecule has 6 rings (SSSR count). The molecule has 0 aliphatic carbocycles. The molecule has 0 aliphatic rings. The van der Waals surface area contributed by atoms with Gasteiger partial charge in [0.2, 0.25) is 0 Å². The number of anilines is 2. The van der Waals surface area contributed by atoms with Crippen molar-refractivity contribution in [2.24, 2.45) is 0 Å². The number of benzene rings is 4. The number of hydrogen-bond acceptors (Lipinski definition) is 5. The second kappa shape index (κ2) is 11.4. The van der Waals surface area contributed by atoms with Gasteiger partial charge in [0, 0.05) is 58.7 Å². The number of rotatable bonds is 8. The highest BCUT2D eigenvalue weighted by Gasteiger charge is 2.09. The fourth-order valence-corrected chi connectivity index (χ4v) is 4.15. The number of carbonyl (C=O) groups is 2. The Bertz CT molecular complexity index is 1610. The first kappa shape index (κ1) is 25.3. The first-order valence-electron chi connectivity index (χ1n) is 12.8. The van der Waals surface area contributed by atoms with Crippen LogP contribution in [0.15, 0.2) is 135 Å². The smallest absolute Gasteiger partial charge is 0.255 e. The Kier molecular flexibility index (Phi) is 7.05. The SMILES string of the molecule is O=C(Nc1ccc(Oc2ccc(NC(=O)c3ccc(-n4ccnc4)cc3)cc2)cc1)c1ccc(-n2ccnc2)cc1. The van der Waals surface area contributed by atoms with E-state index in [4.69, 9.17) is 4.74 Å². The van der Waals surface area contributed by atoms with E-state index in [-0.39, 0.29) is 11.8 Å². The van der Waals surface area contributed by atoms with Crippen molar-refractivity contribution >= 4 is 23.2 Å². The number of nitrogens with zero attached hydrogens (tertiary/aromatic N) is 4. The molecule has 0 spiro atoms. The molecule has 2 aromatic heterocycles. The summed E-state index contributed by atoms with van der Waals surface area (Å²) in [5, 5.41) is 5.79. The third kappa shape index (κ3) is 6.04. The van der Waals surface area contributed by atoms with Crippen LogP contribution in [-0.4, -0.2) is 30.9 Å².